The first-order chi connectivity index (χ1) is 17.6. The van der Waals surface area contributed by atoms with Gasteiger partial charge in [-0.25, -0.2) is 17.2 Å². The van der Waals surface area contributed by atoms with Crippen molar-refractivity contribution in [3.63, 3.8) is 0 Å². The normalized spacial score (nSPS) is 22.5. The van der Waals surface area contributed by atoms with E-state index in [1.165, 1.54) is 11.4 Å². The fourth-order valence-corrected chi connectivity index (χ4v) is 6.59. The molecule has 3 fully saturated rings. The van der Waals surface area contributed by atoms with Crippen LogP contribution in [0.1, 0.15) is 53.8 Å². The molecule has 37 heavy (non-hydrogen) atoms. The van der Waals surface area contributed by atoms with E-state index in [2.05, 4.69) is 30.9 Å². The predicted molar refractivity (Wildman–Crippen MR) is 133 cm³/mol. The predicted octanol–water partition coefficient (Wildman–Crippen LogP) is 0.278. The van der Waals surface area contributed by atoms with Crippen LogP contribution in [0.2, 0.25) is 0 Å². The zero-order chi connectivity index (χ0) is 26.2. The van der Waals surface area contributed by atoms with Gasteiger partial charge >= 0.3 is 0 Å². The van der Waals surface area contributed by atoms with Crippen LogP contribution in [0.4, 0.5) is 11.6 Å². The Morgan fingerprint density at radius 3 is 2.59 bits per heavy atom. The van der Waals surface area contributed by atoms with Crippen molar-refractivity contribution in [2.75, 3.05) is 31.2 Å². The number of carbonyl (C=O) groups is 2. The maximum Gasteiger partial charge on any atom is 0.273 e. The van der Waals surface area contributed by atoms with Crippen LogP contribution in [0.3, 0.4) is 0 Å². The Kier molecular flexibility index (Phi) is 5.08. The molecule has 0 unspecified atom stereocenters. The lowest BCUT2D eigenvalue weighted by atomic mass is 9.95. The van der Waals surface area contributed by atoms with Crippen molar-refractivity contribution in [3.05, 3.63) is 41.3 Å². The molecule has 194 valence electrons. The van der Waals surface area contributed by atoms with Gasteiger partial charge in [-0.15, -0.1) is 10.2 Å². The van der Waals surface area contributed by atoms with Gasteiger partial charge in [-0.3, -0.25) is 9.59 Å². The lowest BCUT2D eigenvalue weighted by Crippen LogP contribution is -2.48. The number of hydrogen-bond acceptors (Lipinski definition) is 9. The second-order valence-electron chi connectivity index (χ2n) is 10.0. The van der Waals surface area contributed by atoms with Crippen molar-refractivity contribution < 1.29 is 18.0 Å². The Morgan fingerprint density at radius 2 is 1.97 bits per heavy atom. The molecular formula is C23H27N9O4S. The molecule has 0 aromatic carbocycles. The van der Waals surface area contributed by atoms with E-state index in [1.54, 1.807) is 17.5 Å². The topological polar surface area (TPSA) is 178 Å². The van der Waals surface area contributed by atoms with E-state index in [9.17, 15) is 18.0 Å². The van der Waals surface area contributed by atoms with Gasteiger partial charge in [-0.05, 0) is 49.3 Å². The molecule has 1 atom stereocenters. The molecule has 1 aliphatic heterocycles. The number of amides is 2. The van der Waals surface area contributed by atoms with E-state index in [0.29, 0.717) is 36.5 Å². The molecule has 3 aromatic heterocycles. The molecule has 2 amide bonds. The van der Waals surface area contributed by atoms with Crippen LogP contribution in [-0.4, -0.2) is 75.2 Å². The Hall–Kier alpha value is -3.65. The molecule has 3 aromatic rings. The zero-order valence-electron chi connectivity index (χ0n) is 20.4. The van der Waals surface area contributed by atoms with Crippen molar-refractivity contribution in [1.29, 1.82) is 0 Å². The fourth-order valence-electron chi connectivity index (χ4n) is 5.41. The number of carbonyl (C=O) groups excluding carboxylic acids is 2. The van der Waals surface area contributed by atoms with Crippen molar-refractivity contribution in [1.82, 2.24) is 34.4 Å². The van der Waals surface area contributed by atoms with Crippen molar-refractivity contribution >= 4 is 39.1 Å². The van der Waals surface area contributed by atoms with E-state index in [-0.39, 0.29) is 28.7 Å². The van der Waals surface area contributed by atoms with Gasteiger partial charge in [0.15, 0.2) is 11.3 Å². The molecule has 2 saturated carbocycles. The lowest BCUT2D eigenvalue weighted by Gasteiger charge is -2.38. The van der Waals surface area contributed by atoms with E-state index < -0.39 is 27.3 Å². The molecule has 1 spiro atoms. The van der Waals surface area contributed by atoms with Gasteiger partial charge in [-0.1, -0.05) is 6.07 Å². The number of rotatable bonds is 8. The molecule has 1 saturated heterocycles. The first-order valence-corrected chi connectivity index (χ1v) is 13.7. The van der Waals surface area contributed by atoms with Gasteiger partial charge < -0.3 is 16.4 Å². The Morgan fingerprint density at radius 1 is 1.22 bits per heavy atom. The molecule has 2 aliphatic carbocycles. The average Bonchev–Trinajstić information content (AvgIpc) is 3.73. The minimum absolute atomic E-state index is 0.0441. The van der Waals surface area contributed by atoms with Crippen LogP contribution in [0, 0.1) is 5.41 Å². The summed E-state index contributed by atoms with van der Waals surface area (Å²) in [5.74, 6) is -0.486. The Labute approximate surface area is 212 Å². The second-order valence-corrected chi connectivity index (χ2v) is 12.3. The quantitative estimate of drug-likeness (QED) is 0.372. The molecule has 0 bridgehead atoms. The number of hydrogen-bond donors (Lipinski definition) is 3. The summed E-state index contributed by atoms with van der Waals surface area (Å²) in [6, 6.07) is 5.36. The number of sulfonamides is 1. The molecule has 0 radical (unpaired) electrons. The highest BCUT2D eigenvalue weighted by molar-refractivity contribution is 7.89. The minimum atomic E-state index is -3.19. The van der Waals surface area contributed by atoms with Crippen molar-refractivity contribution in [3.8, 4) is 0 Å². The third kappa shape index (κ3) is 3.57. The second kappa shape index (κ2) is 7.92. The smallest absolute Gasteiger partial charge is 0.273 e. The molecule has 14 heteroatoms. The van der Waals surface area contributed by atoms with E-state index >= 15 is 0 Å². The largest absolute Gasteiger partial charge is 0.369 e. The number of primary amides is 1. The number of nitrogens with two attached hydrogens (primary N) is 1. The Bertz CT molecular complexity index is 1560. The van der Waals surface area contributed by atoms with Crippen LogP contribution >= 0.6 is 0 Å². The van der Waals surface area contributed by atoms with Gasteiger partial charge in [0.2, 0.25) is 21.9 Å². The third-order valence-corrected chi connectivity index (χ3v) is 9.82. The van der Waals surface area contributed by atoms with Gasteiger partial charge in [0.25, 0.3) is 5.91 Å². The zero-order valence-corrected chi connectivity index (χ0v) is 21.2. The SMILES string of the molecule is CCS(=O)(=O)N1CC(c2ccc3nc(Nc4cc([C@@]5(C(N)=O)CC56CC6)nnc4C(=O)NC)nn3c2)C1. The summed E-state index contributed by atoms with van der Waals surface area (Å²) in [4.78, 5) is 29.4. The van der Waals surface area contributed by atoms with Crippen LogP contribution in [-0.2, 0) is 20.2 Å². The van der Waals surface area contributed by atoms with Crippen LogP contribution in [0.25, 0.3) is 5.65 Å². The van der Waals surface area contributed by atoms with Gasteiger partial charge in [0.05, 0.1) is 22.5 Å². The summed E-state index contributed by atoms with van der Waals surface area (Å²) in [5, 5.41) is 18.4. The van der Waals surface area contributed by atoms with Crippen molar-refractivity contribution in [2.24, 2.45) is 11.1 Å². The first-order valence-electron chi connectivity index (χ1n) is 12.1. The fraction of sp³-hybridized carbons (Fsp3) is 0.478. The highest BCUT2D eigenvalue weighted by Crippen LogP contribution is 2.78. The van der Waals surface area contributed by atoms with Gasteiger partial charge in [0, 0.05) is 32.3 Å². The third-order valence-electron chi connectivity index (χ3n) is 8.01. The summed E-state index contributed by atoms with van der Waals surface area (Å²) < 4.78 is 27.2. The molecule has 6 rings (SSSR count). The molecule has 3 aliphatic rings. The minimum Gasteiger partial charge on any atom is -0.369 e. The highest BCUT2D eigenvalue weighted by atomic mass is 32.2. The van der Waals surface area contributed by atoms with Crippen LogP contribution in [0.15, 0.2) is 24.4 Å². The summed E-state index contributed by atoms with van der Waals surface area (Å²) >= 11 is 0. The highest BCUT2D eigenvalue weighted by Gasteiger charge is 2.78. The van der Waals surface area contributed by atoms with E-state index in [1.807, 2.05) is 18.3 Å². The number of pyridine rings is 1. The maximum atomic E-state index is 12.5. The standard InChI is InChI=1S/C23H27N9O4S/c1-3-37(35,36)31-9-14(10-31)13-4-5-17-27-21(30-32(17)11-13)26-15-8-16(28-29-18(15)19(33)25-2)23(20(24)34)12-22(23)6-7-22/h4-5,8,11,14H,3,6-7,9-10,12H2,1-2H3,(H2,24,34)(H,25,33)(H,26,28,30)/t23-/m1/s1. The lowest BCUT2D eigenvalue weighted by molar-refractivity contribution is -0.121. The number of nitrogens with zero attached hydrogens (tertiary/aromatic N) is 6. The monoisotopic (exact) mass is 525 g/mol. The summed E-state index contributed by atoms with van der Waals surface area (Å²) in [7, 11) is -1.70. The summed E-state index contributed by atoms with van der Waals surface area (Å²) in [5.41, 5.74) is 7.12. The van der Waals surface area contributed by atoms with Crippen LogP contribution < -0.4 is 16.4 Å². The van der Waals surface area contributed by atoms with E-state index in [4.69, 9.17) is 5.73 Å². The summed E-state index contributed by atoms with van der Waals surface area (Å²) in [6.45, 7) is 2.51. The first kappa shape index (κ1) is 23.7. The number of anilines is 2. The van der Waals surface area contributed by atoms with E-state index in [0.717, 1.165) is 18.4 Å². The van der Waals surface area contributed by atoms with Gasteiger partial charge in [0.1, 0.15) is 0 Å². The Balaban J connectivity index is 1.29. The molecular weight excluding hydrogens is 498 g/mol. The summed E-state index contributed by atoms with van der Waals surface area (Å²) in [6.07, 6.45) is 4.29. The number of fused-ring (bicyclic) bond motifs is 1. The number of nitrogens with one attached hydrogen (secondary N) is 2. The molecule has 4 heterocycles. The molecule has 13 nitrogen and oxygen atoms in total. The van der Waals surface area contributed by atoms with Crippen molar-refractivity contribution in [2.45, 2.75) is 37.5 Å². The number of aromatic nitrogens is 5. The maximum absolute atomic E-state index is 12.5. The molecule has 4 N–H and O–H groups in total. The van der Waals surface area contributed by atoms with Gasteiger partial charge in [-0.2, -0.15) is 10.1 Å². The average molecular weight is 526 g/mol. The van der Waals surface area contributed by atoms with Crippen LogP contribution in [0.5, 0.6) is 0 Å².